The molecule has 0 bridgehead atoms. The number of phenolic OH excluding ortho intramolecular Hbond substituents is 1. The third-order valence-electron chi connectivity index (χ3n) is 4.43. The molecule has 0 aliphatic rings. The van der Waals surface area contributed by atoms with E-state index >= 15 is 0 Å². The Kier molecular flexibility index (Phi) is 6.37. The highest BCUT2D eigenvalue weighted by Gasteiger charge is 2.23. The van der Waals surface area contributed by atoms with Gasteiger partial charge in [0.05, 0.1) is 0 Å². The molecule has 0 aromatic heterocycles. The van der Waals surface area contributed by atoms with Crippen molar-refractivity contribution in [1.82, 2.24) is 0 Å². The van der Waals surface area contributed by atoms with Crippen LogP contribution in [0, 0.1) is 0 Å². The molecule has 5 N–H and O–H groups in total. The highest BCUT2D eigenvalue weighted by Crippen LogP contribution is 2.42. The maximum atomic E-state index is 11.9. The Bertz CT molecular complexity index is 1520. The van der Waals surface area contributed by atoms with Gasteiger partial charge in [0.1, 0.15) is 21.2 Å². The van der Waals surface area contributed by atoms with Crippen molar-refractivity contribution < 1.29 is 35.8 Å². The number of fused-ring (bicyclic) bond motifs is 1. The standard InChI is InChI=1S/C19H18N4O8S2/c1-10(24)21-13-4-6-15(16(9-13)32(26,27)28)22-23-18-17(33(29,30)31)8-11-7-12(20-2)3-5-14(11)19(18)25/h3-9,20,25H,1-2H3,(H,21,24)(H,26,27,28)(H,29,30,31). The first kappa shape index (κ1) is 24.1. The van der Waals surface area contributed by atoms with Crippen molar-refractivity contribution in [3.05, 3.63) is 42.5 Å². The predicted molar refractivity (Wildman–Crippen MR) is 120 cm³/mol. The van der Waals surface area contributed by atoms with Crippen molar-refractivity contribution in [2.24, 2.45) is 10.2 Å². The number of anilines is 2. The number of benzene rings is 3. The van der Waals surface area contributed by atoms with Crippen LogP contribution in [0.1, 0.15) is 6.92 Å². The van der Waals surface area contributed by atoms with Gasteiger partial charge in [-0.15, -0.1) is 10.2 Å². The van der Waals surface area contributed by atoms with Crippen LogP contribution in [0.15, 0.2) is 62.5 Å². The number of rotatable bonds is 6. The van der Waals surface area contributed by atoms with Gasteiger partial charge in [-0.1, -0.05) is 0 Å². The number of aromatic hydroxyl groups is 1. The molecule has 0 aliphatic carbocycles. The van der Waals surface area contributed by atoms with Gasteiger partial charge in [-0.2, -0.15) is 16.8 Å². The topological polar surface area (TPSA) is 195 Å². The average Bonchev–Trinajstić information content (AvgIpc) is 2.71. The van der Waals surface area contributed by atoms with Gasteiger partial charge in [0.2, 0.25) is 5.91 Å². The lowest BCUT2D eigenvalue weighted by Gasteiger charge is -2.10. The summed E-state index contributed by atoms with van der Waals surface area (Å²) >= 11 is 0. The molecular formula is C19H18N4O8S2. The Balaban J connectivity index is 2.23. The number of phenols is 1. The SMILES string of the molecule is CNc1ccc2c(O)c(N=Nc3ccc(NC(C)=O)cc3S(=O)(=O)O)c(S(=O)(=O)O)cc2c1. The summed E-state index contributed by atoms with van der Waals surface area (Å²) in [5.74, 6) is -1.12. The van der Waals surface area contributed by atoms with Gasteiger partial charge in [0.15, 0.2) is 5.75 Å². The fraction of sp³-hybridized carbons (Fsp3) is 0.105. The number of carbonyl (C=O) groups excluding carboxylic acids is 1. The van der Waals surface area contributed by atoms with Crippen molar-refractivity contribution in [3.63, 3.8) is 0 Å². The van der Waals surface area contributed by atoms with Gasteiger partial charge in [0, 0.05) is 30.7 Å². The van der Waals surface area contributed by atoms with E-state index in [4.69, 9.17) is 0 Å². The molecule has 0 fully saturated rings. The fourth-order valence-corrected chi connectivity index (χ4v) is 4.30. The van der Waals surface area contributed by atoms with E-state index in [1.54, 1.807) is 13.1 Å². The summed E-state index contributed by atoms with van der Waals surface area (Å²) in [6, 6.07) is 8.98. The van der Waals surface area contributed by atoms with Crippen molar-refractivity contribution in [3.8, 4) is 5.75 Å². The van der Waals surface area contributed by atoms with Gasteiger partial charge in [0.25, 0.3) is 20.2 Å². The molecule has 3 aromatic carbocycles. The second-order valence-electron chi connectivity index (χ2n) is 6.77. The number of nitrogens with zero attached hydrogens (tertiary/aromatic N) is 2. The molecule has 14 heteroatoms. The third kappa shape index (κ3) is 5.25. The highest BCUT2D eigenvalue weighted by molar-refractivity contribution is 7.86. The van der Waals surface area contributed by atoms with Crippen molar-refractivity contribution in [2.45, 2.75) is 16.7 Å². The number of hydrogen-bond donors (Lipinski definition) is 5. The van der Waals surface area contributed by atoms with Gasteiger partial charge in [-0.25, -0.2) is 0 Å². The minimum atomic E-state index is -4.88. The Labute approximate surface area is 188 Å². The van der Waals surface area contributed by atoms with Crippen LogP contribution in [0.3, 0.4) is 0 Å². The summed E-state index contributed by atoms with van der Waals surface area (Å²) < 4.78 is 66.6. The van der Waals surface area contributed by atoms with E-state index in [0.29, 0.717) is 5.69 Å². The largest absolute Gasteiger partial charge is 0.505 e. The lowest BCUT2D eigenvalue weighted by Crippen LogP contribution is -2.07. The molecule has 0 radical (unpaired) electrons. The smallest absolute Gasteiger partial charge is 0.296 e. The Morgan fingerprint density at radius 1 is 0.879 bits per heavy atom. The molecule has 0 spiro atoms. The first-order valence-corrected chi connectivity index (χ1v) is 11.9. The lowest BCUT2D eigenvalue weighted by atomic mass is 10.1. The first-order valence-electron chi connectivity index (χ1n) is 9.07. The Morgan fingerprint density at radius 2 is 1.52 bits per heavy atom. The minimum absolute atomic E-state index is 0.0431. The zero-order chi connectivity index (χ0) is 24.6. The molecule has 0 atom stereocenters. The fourth-order valence-electron chi connectivity index (χ4n) is 2.99. The predicted octanol–water partition coefficient (Wildman–Crippen LogP) is 3.45. The molecule has 33 heavy (non-hydrogen) atoms. The molecule has 174 valence electrons. The summed E-state index contributed by atoms with van der Waals surface area (Å²) in [5.41, 5.74) is -0.413. The second kappa shape index (κ2) is 8.74. The van der Waals surface area contributed by atoms with Gasteiger partial charge in [-0.05, 0) is 47.9 Å². The van der Waals surface area contributed by atoms with Crippen LogP contribution < -0.4 is 10.6 Å². The number of nitrogens with one attached hydrogen (secondary N) is 2. The van der Waals surface area contributed by atoms with Gasteiger partial charge < -0.3 is 15.7 Å². The molecular weight excluding hydrogens is 476 g/mol. The second-order valence-corrected chi connectivity index (χ2v) is 9.55. The monoisotopic (exact) mass is 494 g/mol. The molecule has 3 rings (SSSR count). The van der Waals surface area contributed by atoms with Crippen LogP contribution in [0.4, 0.5) is 22.7 Å². The quantitative estimate of drug-likeness (QED) is 0.252. The summed E-state index contributed by atoms with van der Waals surface area (Å²) in [6.07, 6.45) is 0. The maximum Gasteiger partial charge on any atom is 0.296 e. The maximum absolute atomic E-state index is 11.9. The minimum Gasteiger partial charge on any atom is -0.505 e. The normalized spacial score (nSPS) is 12.2. The van der Waals surface area contributed by atoms with Crippen LogP contribution in [0.2, 0.25) is 0 Å². The number of azo groups is 1. The van der Waals surface area contributed by atoms with Gasteiger partial charge in [-0.3, -0.25) is 13.9 Å². The highest BCUT2D eigenvalue weighted by atomic mass is 32.2. The summed E-state index contributed by atoms with van der Waals surface area (Å²) in [4.78, 5) is 9.71. The molecule has 0 heterocycles. The molecule has 3 aromatic rings. The number of carbonyl (C=O) groups is 1. The van der Waals surface area contributed by atoms with E-state index in [1.165, 1.54) is 25.1 Å². The van der Waals surface area contributed by atoms with Crippen LogP contribution in [0.25, 0.3) is 10.8 Å². The summed E-state index contributed by atoms with van der Waals surface area (Å²) in [6.45, 7) is 1.19. The number of hydrogen-bond acceptors (Lipinski definition) is 9. The molecule has 1 amide bonds. The van der Waals surface area contributed by atoms with Gasteiger partial charge >= 0.3 is 0 Å². The Morgan fingerprint density at radius 3 is 2.09 bits per heavy atom. The zero-order valence-corrected chi connectivity index (χ0v) is 18.8. The lowest BCUT2D eigenvalue weighted by molar-refractivity contribution is -0.114. The van der Waals surface area contributed by atoms with E-state index < -0.39 is 53.1 Å². The number of amides is 1. The molecule has 0 aliphatic heterocycles. The summed E-state index contributed by atoms with van der Waals surface area (Å²) in [7, 11) is -8.07. The van der Waals surface area contributed by atoms with E-state index in [1.807, 2.05) is 0 Å². The van der Waals surface area contributed by atoms with E-state index in [0.717, 1.165) is 18.2 Å². The Hall–Kier alpha value is -3.59. The van der Waals surface area contributed by atoms with E-state index in [-0.39, 0.29) is 16.5 Å². The van der Waals surface area contributed by atoms with Crippen molar-refractivity contribution >= 4 is 59.7 Å². The average molecular weight is 495 g/mol. The van der Waals surface area contributed by atoms with Crippen LogP contribution in [-0.4, -0.2) is 44.0 Å². The summed E-state index contributed by atoms with van der Waals surface area (Å²) in [5, 5.41) is 23.6. The molecule has 0 saturated carbocycles. The molecule has 0 saturated heterocycles. The molecule has 12 nitrogen and oxygen atoms in total. The van der Waals surface area contributed by atoms with Crippen LogP contribution >= 0.6 is 0 Å². The molecule has 0 unspecified atom stereocenters. The van der Waals surface area contributed by atoms with Crippen LogP contribution in [-0.2, 0) is 25.0 Å². The van der Waals surface area contributed by atoms with E-state index in [9.17, 15) is 35.8 Å². The van der Waals surface area contributed by atoms with Crippen molar-refractivity contribution in [1.29, 1.82) is 0 Å². The van der Waals surface area contributed by atoms with E-state index in [2.05, 4.69) is 20.9 Å². The first-order chi connectivity index (χ1) is 15.3. The van der Waals surface area contributed by atoms with Crippen molar-refractivity contribution in [2.75, 3.05) is 17.7 Å². The van der Waals surface area contributed by atoms with Crippen LogP contribution in [0.5, 0.6) is 5.75 Å². The zero-order valence-electron chi connectivity index (χ0n) is 17.1. The third-order valence-corrected chi connectivity index (χ3v) is 6.18.